The van der Waals surface area contributed by atoms with Crippen molar-refractivity contribution >= 4 is 11.8 Å². The van der Waals surface area contributed by atoms with Gasteiger partial charge in [0.2, 0.25) is 0 Å². The van der Waals surface area contributed by atoms with E-state index in [0.29, 0.717) is 12.4 Å². The molecule has 0 bridgehead atoms. The predicted molar refractivity (Wildman–Crippen MR) is 81.4 cm³/mol. The number of nitriles is 1. The van der Waals surface area contributed by atoms with E-state index < -0.39 is 0 Å². The Kier molecular flexibility index (Phi) is 6.03. The number of hydrogen-bond acceptors (Lipinski definition) is 5. The van der Waals surface area contributed by atoms with Crippen molar-refractivity contribution in [2.45, 2.75) is 12.5 Å². The fourth-order valence-electron chi connectivity index (χ4n) is 2.15. The molecule has 0 spiro atoms. The number of likely N-dealkylation sites (N-methyl/N-ethyl adjacent to an activating group) is 1. The highest BCUT2D eigenvalue weighted by Gasteiger charge is 2.21. The van der Waals surface area contributed by atoms with Gasteiger partial charge in [-0.15, -0.1) is 11.8 Å². The van der Waals surface area contributed by atoms with Crippen molar-refractivity contribution in [1.82, 2.24) is 4.90 Å². The molecule has 20 heavy (non-hydrogen) atoms. The lowest BCUT2D eigenvalue weighted by Gasteiger charge is -2.29. The van der Waals surface area contributed by atoms with Crippen LogP contribution in [0.1, 0.15) is 6.42 Å². The van der Waals surface area contributed by atoms with Gasteiger partial charge in [-0.3, -0.25) is 0 Å². The average molecular weight is 292 g/mol. The molecule has 5 heteroatoms. The van der Waals surface area contributed by atoms with Crippen LogP contribution in [0.3, 0.4) is 0 Å². The van der Waals surface area contributed by atoms with E-state index in [-0.39, 0.29) is 6.10 Å². The smallest absolute Gasteiger partial charge is 0.161 e. The SMILES string of the molecule is CN(CCCSCC#N)C[C@H]1COc2ccccc2O1. The van der Waals surface area contributed by atoms with Gasteiger partial charge in [0.05, 0.1) is 11.8 Å². The van der Waals surface area contributed by atoms with E-state index in [9.17, 15) is 0 Å². The van der Waals surface area contributed by atoms with Crippen LogP contribution in [0.4, 0.5) is 0 Å². The minimum Gasteiger partial charge on any atom is -0.486 e. The Morgan fingerprint density at radius 3 is 3.00 bits per heavy atom. The average Bonchev–Trinajstić information content (AvgIpc) is 2.47. The van der Waals surface area contributed by atoms with Crippen LogP contribution in [-0.2, 0) is 0 Å². The highest BCUT2D eigenvalue weighted by atomic mass is 32.2. The Morgan fingerprint density at radius 1 is 1.40 bits per heavy atom. The molecule has 0 aliphatic carbocycles. The van der Waals surface area contributed by atoms with Crippen molar-refractivity contribution in [3.8, 4) is 17.6 Å². The van der Waals surface area contributed by atoms with Gasteiger partial charge in [0.15, 0.2) is 11.5 Å². The van der Waals surface area contributed by atoms with Crippen LogP contribution in [0.2, 0.25) is 0 Å². The first-order chi connectivity index (χ1) is 9.79. The van der Waals surface area contributed by atoms with Crippen molar-refractivity contribution in [2.24, 2.45) is 0 Å². The van der Waals surface area contributed by atoms with Crippen molar-refractivity contribution in [3.05, 3.63) is 24.3 Å². The van der Waals surface area contributed by atoms with Gasteiger partial charge in [0.1, 0.15) is 12.7 Å². The fourth-order valence-corrected chi connectivity index (χ4v) is 2.72. The minimum absolute atomic E-state index is 0.0849. The normalized spacial score (nSPS) is 16.9. The van der Waals surface area contributed by atoms with Crippen LogP contribution in [0, 0.1) is 11.3 Å². The zero-order valence-corrected chi connectivity index (χ0v) is 12.6. The first-order valence-corrected chi connectivity index (χ1v) is 7.97. The van der Waals surface area contributed by atoms with E-state index in [1.54, 1.807) is 11.8 Å². The van der Waals surface area contributed by atoms with E-state index in [1.165, 1.54) is 0 Å². The number of fused-ring (bicyclic) bond motifs is 1. The van der Waals surface area contributed by atoms with Crippen LogP contribution in [0.5, 0.6) is 11.5 Å². The zero-order chi connectivity index (χ0) is 14.2. The summed E-state index contributed by atoms with van der Waals surface area (Å²) in [4.78, 5) is 2.26. The van der Waals surface area contributed by atoms with Crippen LogP contribution >= 0.6 is 11.8 Å². The van der Waals surface area contributed by atoms with Gasteiger partial charge in [0.25, 0.3) is 0 Å². The van der Waals surface area contributed by atoms with Crippen LogP contribution < -0.4 is 9.47 Å². The molecule has 0 saturated heterocycles. The predicted octanol–water partition coefficient (Wildman–Crippen LogP) is 2.41. The minimum atomic E-state index is 0.0849. The van der Waals surface area contributed by atoms with Crippen molar-refractivity contribution in [2.75, 3.05) is 38.2 Å². The Labute approximate surface area is 124 Å². The van der Waals surface area contributed by atoms with E-state index >= 15 is 0 Å². The molecule has 0 radical (unpaired) electrons. The number of thioether (sulfide) groups is 1. The molecule has 1 heterocycles. The van der Waals surface area contributed by atoms with Gasteiger partial charge in [-0.25, -0.2) is 0 Å². The Morgan fingerprint density at radius 2 is 2.20 bits per heavy atom. The second kappa shape index (κ2) is 8.03. The van der Waals surface area contributed by atoms with Crippen LogP contribution in [-0.4, -0.2) is 49.3 Å². The van der Waals surface area contributed by atoms with Crippen LogP contribution in [0.25, 0.3) is 0 Å². The molecule has 0 amide bonds. The highest BCUT2D eigenvalue weighted by Crippen LogP contribution is 2.30. The third-order valence-electron chi connectivity index (χ3n) is 3.08. The third kappa shape index (κ3) is 4.62. The third-order valence-corrected chi connectivity index (χ3v) is 3.99. The second-order valence-corrected chi connectivity index (χ2v) is 5.93. The number of ether oxygens (including phenoxy) is 2. The van der Waals surface area contributed by atoms with Crippen molar-refractivity contribution < 1.29 is 9.47 Å². The molecule has 0 saturated carbocycles. The summed E-state index contributed by atoms with van der Waals surface area (Å²) in [6, 6.07) is 9.93. The summed E-state index contributed by atoms with van der Waals surface area (Å²) < 4.78 is 11.6. The monoisotopic (exact) mass is 292 g/mol. The Bertz CT molecular complexity index is 461. The van der Waals surface area contributed by atoms with Crippen molar-refractivity contribution in [3.63, 3.8) is 0 Å². The summed E-state index contributed by atoms with van der Waals surface area (Å²) in [6.45, 7) is 2.47. The Balaban J connectivity index is 1.68. The molecule has 1 aliphatic rings. The molecular formula is C15H20N2O2S. The maximum absolute atomic E-state index is 8.46. The highest BCUT2D eigenvalue weighted by molar-refractivity contribution is 7.99. The lowest BCUT2D eigenvalue weighted by Crippen LogP contribution is -2.39. The van der Waals surface area contributed by atoms with Gasteiger partial charge in [-0.1, -0.05) is 12.1 Å². The molecule has 1 aliphatic heterocycles. The number of rotatable bonds is 7. The van der Waals surface area contributed by atoms with E-state index in [1.807, 2.05) is 24.3 Å². The molecule has 4 nitrogen and oxygen atoms in total. The quantitative estimate of drug-likeness (QED) is 0.722. The summed E-state index contributed by atoms with van der Waals surface area (Å²) in [5.74, 6) is 3.28. The van der Waals surface area contributed by atoms with Gasteiger partial charge in [-0.05, 0) is 37.9 Å². The Hall–Kier alpha value is -1.38. The first-order valence-electron chi connectivity index (χ1n) is 6.81. The number of hydrogen-bond donors (Lipinski definition) is 0. The zero-order valence-electron chi connectivity index (χ0n) is 11.7. The van der Waals surface area contributed by atoms with E-state index in [0.717, 1.165) is 36.8 Å². The van der Waals surface area contributed by atoms with Gasteiger partial charge >= 0.3 is 0 Å². The lowest BCUT2D eigenvalue weighted by molar-refractivity contribution is 0.0656. The molecule has 0 aromatic heterocycles. The molecule has 0 fully saturated rings. The lowest BCUT2D eigenvalue weighted by atomic mass is 10.2. The first kappa shape index (κ1) is 15.0. The van der Waals surface area contributed by atoms with Crippen LogP contribution in [0.15, 0.2) is 24.3 Å². The van der Waals surface area contributed by atoms with Gasteiger partial charge < -0.3 is 14.4 Å². The number of benzene rings is 1. The molecule has 1 atom stereocenters. The number of nitrogens with zero attached hydrogens (tertiary/aromatic N) is 2. The molecule has 2 rings (SSSR count). The van der Waals surface area contributed by atoms with E-state index in [2.05, 4.69) is 18.0 Å². The van der Waals surface area contributed by atoms with Crippen molar-refractivity contribution in [1.29, 1.82) is 5.26 Å². The van der Waals surface area contributed by atoms with Gasteiger partial charge in [-0.2, -0.15) is 5.26 Å². The molecule has 1 aromatic rings. The summed E-state index contributed by atoms with van der Waals surface area (Å²) in [7, 11) is 2.10. The summed E-state index contributed by atoms with van der Waals surface area (Å²) >= 11 is 1.69. The number of para-hydroxylation sites is 2. The largest absolute Gasteiger partial charge is 0.486 e. The molecule has 1 aromatic carbocycles. The molecule has 108 valence electrons. The molecule has 0 unspecified atom stereocenters. The fraction of sp³-hybridized carbons (Fsp3) is 0.533. The van der Waals surface area contributed by atoms with Gasteiger partial charge in [0, 0.05) is 6.54 Å². The maximum Gasteiger partial charge on any atom is 0.161 e. The topological polar surface area (TPSA) is 45.5 Å². The second-order valence-electron chi connectivity index (χ2n) is 4.82. The summed E-state index contributed by atoms with van der Waals surface area (Å²) in [5.41, 5.74) is 0. The standard InChI is InChI=1S/C15H20N2O2S/c1-17(8-4-9-20-10-7-16)11-13-12-18-14-5-2-3-6-15(14)19-13/h2-3,5-6,13H,4,8-12H2,1H3/t13-/m0/s1. The summed E-state index contributed by atoms with van der Waals surface area (Å²) in [5, 5.41) is 8.46. The van der Waals surface area contributed by atoms with E-state index in [4.69, 9.17) is 14.7 Å². The maximum atomic E-state index is 8.46. The summed E-state index contributed by atoms with van der Waals surface area (Å²) in [6.07, 6.45) is 1.18. The molecule has 0 N–H and O–H groups in total. The molecular weight excluding hydrogens is 272 g/mol.